The molecule has 1 aliphatic carbocycles. The number of hydrogen-bond acceptors (Lipinski definition) is 3. The maximum absolute atomic E-state index is 11.5. The second-order valence-electron chi connectivity index (χ2n) is 4.79. The topological polar surface area (TPSA) is 44.4 Å². The maximum atomic E-state index is 11.5. The second kappa shape index (κ2) is 6.42. The molecule has 5 heteroatoms. The van der Waals surface area contributed by atoms with Gasteiger partial charge < -0.3 is 10.6 Å². The summed E-state index contributed by atoms with van der Waals surface area (Å²) in [5, 5.41) is 6.23. The van der Waals surface area contributed by atoms with Gasteiger partial charge in [-0.3, -0.25) is 9.69 Å². The van der Waals surface area contributed by atoms with Gasteiger partial charge in [0.05, 0.1) is 6.54 Å². The van der Waals surface area contributed by atoms with E-state index in [4.69, 9.17) is 0 Å². The molecule has 2 fully saturated rings. The van der Waals surface area contributed by atoms with Crippen molar-refractivity contribution in [1.29, 1.82) is 0 Å². The fourth-order valence-electron chi connectivity index (χ4n) is 2.22. The summed E-state index contributed by atoms with van der Waals surface area (Å²) in [6, 6.07) is 0.494. The third kappa shape index (κ3) is 4.28. The molecule has 2 aliphatic rings. The lowest BCUT2D eigenvalue weighted by molar-refractivity contribution is -0.122. The van der Waals surface area contributed by atoms with Crippen molar-refractivity contribution in [1.82, 2.24) is 15.5 Å². The van der Waals surface area contributed by atoms with Gasteiger partial charge in [-0.2, -0.15) is 0 Å². The van der Waals surface area contributed by atoms with E-state index in [1.807, 2.05) is 7.05 Å². The number of hydrogen-bond donors (Lipinski definition) is 2. The Kier molecular flexibility index (Phi) is 5.52. The van der Waals surface area contributed by atoms with Crippen LogP contribution in [0.3, 0.4) is 0 Å². The van der Waals surface area contributed by atoms with Gasteiger partial charge in [0.2, 0.25) is 5.91 Å². The maximum Gasteiger partial charge on any atom is 0.234 e. The highest BCUT2D eigenvalue weighted by Gasteiger charge is 2.26. The molecule has 16 heavy (non-hydrogen) atoms. The van der Waals surface area contributed by atoms with Crippen molar-refractivity contribution in [2.24, 2.45) is 5.92 Å². The van der Waals surface area contributed by atoms with Crippen LogP contribution >= 0.6 is 12.4 Å². The van der Waals surface area contributed by atoms with Gasteiger partial charge in [-0.05, 0) is 45.3 Å². The standard InChI is InChI=1S/C11H21N3O.ClH/c1-12-6-9-4-5-14(7-9)8-11(15)13-10-2-3-10;/h9-10,12H,2-8H2,1H3,(H,13,15);1H. The van der Waals surface area contributed by atoms with Crippen LogP contribution in [0.1, 0.15) is 19.3 Å². The van der Waals surface area contributed by atoms with Crippen molar-refractivity contribution in [2.75, 3.05) is 33.2 Å². The summed E-state index contributed by atoms with van der Waals surface area (Å²) in [5.74, 6) is 0.936. The average molecular weight is 248 g/mol. The van der Waals surface area contributed by atoms with Gasteiger partial charge in [0.15, 0.2) is 0 Å². The van der Waals surface area contributed by atoms with Crippen molar-refractivity contribution in [3.8, 4) is 0 Å². The molecule has 2 rings (SSSR count). The van der Waals surface area contributed by atoms with Crippen LogP contribution in [0.4, 0.5) is 0 Å². The zero-order valence-corrected chi connectivity index (χ0v) is 10.7. The molecule has 4 nitrogen and oxygen atoms in total. The van der Waals surface area contributed by atoms with Crippen molar-refractivity contribution in [3.05, 3.63) is 0 Å². The monoisotopic (exact) mass is 247 g/mol. The van der Waals surface area contributed by atoms with Crippen LogP contribution in [0, 0.1) is 5.92 Å². The van der Waals surface area contributed by atoms with Crippen LogP contribution in [0.2, 0.25) is 0 Å². The zero-order valence-electron chi connectivity index (χ0n) is 9.87. The van der Waals surface area contributed by atoms with Crippen molar-refractivity contribution in [3.63, 3.8) is 0 Å². The zero-order chi connectivity index (χ0) is 10.7. The predicted molar refractivity (Wildman–Crippen MR) is 66.9 cm³/mol. The predicted octanol–water partition coefficient (Wildman–Crippen LogP) is 0.228. The van der Waals surface area contributed by atoms with E-state index in [1.54, 1.807) is 0 Å². The quantitative estimate of drug-likeness (QED) is 0.731. The molecule has 0 spiro atoms. The largest absolute Gasteiger partial charge is 0.352 e. The Morgan fingerprint density at radius 2 is 2.12 bits per heavy atom. The van der Waals surface area contributed by atoms with Gasteiger partial charge in [0, 0.05) is 12.6 Å². The van der Waals surface area contributed by atoms with Gasteiger partial charge >= 0.3 is 0 Å². The van der Waals surface area contributed by atoms with E-state index in [0.717, 1.165) is 25.6 Å². The molecule has 0 radical (unpaired) electrons. The summed E-state index contributed by atoms with van der Waals surface area (Å²) in [6.07, 6.45) is 3.57. The van der Waals surface area contributed by atoms with Crippen LogP contribution in [0.15, 0.2) is 0 Å². The Hall–Kier alpha value is -0.320. The van der Waals surface area contributed by atoms with Gasteiger partial charge in [-0.1, -0.05) is 0 Å². The first-order valence-corrected chi connectivity index (χ1v) is 5.94. The highest BCUT2D eigenvalue weighted by atomic mass is 35.5. The molecule has 0 bridgehead atoms. The Balaban J connectivity index is 0.00000128. The molecule has 0 aromatic rings. The molecule has 1 heterocycles. The number of likely N-dealkylation sites (tertiary alicyclic amines) is 1. The minimum atomic E-state index is 0. The third-order valence-corrected chi connectivity index (χ3v) is 3.17. The number of halogens is 1. The molecule has 1 saturated carbocycles. The fourth-order valence-corrected chi connectivity index (χ4v) is 2.22. The number of nitrogens with one attached hydrogen (secondary N) is 2. The number of rotatable bonds is 5. The number of nitrogens with zero attached hydrogens (tertiary/aromatic N) is 1. The number of carbonyl (C=O) groups excluding carboxylic acids is 1. The third-order valence-electron chi connectivity index (χ3n) is 3.17. The van der Waals surface area contributed by atoms with E-state index in [1.165, 1.54) is 19.3 Å². The first kappa shape index (κ1) is 13.7. The number of amides is 1. The van der Waals surface area contributed by atoms with Crippen LogP contribution in [-0.4, -0.2) is 50.1 Å². The number of carbonyl (C=O) groups is 1. The lowest BCUT2D eigenvalue weighted by atomic mass is 10.1. The Bertz CT molecular complexity index is 233. The smallest absolute Gasteiger partial charge is 0.234 e. The van der Waals surface area contributed by atoms with Gasteiger partial charge in [-0.25, -0.2) is 0 Å². The molecule has 2 N–H and O–H groups in total. The highest BCUT2D eigenvalue weighted by molar-refractivity contribution is 5.85. The molecule has 0 aromatic carbocycles. The van der Waals surface area contributed by atoms with Gasteiger partial charge in [0.25, 0.3) is 0 Å². The van der Waals surface area contributed by atoms with Crippen LogP contribution < -0.4 is 10.6 Å². The lowest BCUT2D eigenvalue weighted by Gasteiger charge is -2.15. The second-order valence-corrected chi connectivity index (χ2v) is 4.79. The van der Waals surface area contributed by atoms with E-state index in [9.17, 15) is 4.79 Å². The van der Waals surface area contributed by atoms with Crippen LogP contribution in [0.5, 0.6) is 0 Å². The summed E-state index contributed by atoms with van der Waals surface area (Å²) in [6.45, 7) is 3.81. The van der Waals surface area contributed by atoms with Crippen molar-refractivity contribution in [2.45, 2.75) is 25.3 Å². The van der Waals surface area contributed by atoms with Crippen LogP contribution in [-0.2, 0) is 4.79 Å². The first-order valence-electron chi connectivity index (χ1n) is 5.94. The summed E-state index contributed by atoms with van der Waals surface area (Å²) in [5.41, 5.74) is 0. The van der Waals surface area contributed by atoms with Crippen molar-refractivity contribution < 1.29 is 4.79 Å². The Morgan fingerprint density at radius 3 is 2.75 bits per heavy atom. The van der Waals surface area contributed by atoms with E-state index in [2.05, 4.69) is 15.5 Å². The molecular weight excluding hydrogens is 226 g/mol. The Morgan fingerprint density at radius 1 is 1.38 bits per heavy atom. The highest BCUT2D eigenvalue weighted by Crippen LogP contribution is 2.19. The van der Waals surface area contributed by atoms with Gasteiger partial charge in [-0.15, -0.1) is 12.4 Å². The lowest BCUT2D eigenvalue weighted by Crippen LogP contribution is -2.37. The summed E-state index contributed by atoms with van der Waals surface area (Å²) in [4.78, 5) is 13.8. The molecular formula is C11H22ClN3O. The Labute approximate surface area is 104 Å². The molecule has 1 unspecified atom stereocenters. The summed E-state index contributed by atoms with van der Waals surface area (Å²) < 4.78 is 0. The van der Waals surface area contributed by atoms with Gasteiger partial charge in [0.1, 0.15) is 0 Å². The molecule has 1 aliphatic heterocycles. The van der Waals surface area contributed by atoms with Crippen molar-refractivity contribution >= 4 is 18.3 Å². The minimum absolute atomic E-state index is 0. The molecule has 1 amide bonds. The summed E-state index contributed by atoms with van der Waals surface area (Å²) >= 11 is 0. The fraction of sp³-hybridized carbons (Fsp3) is 0.909. The SMILES string of the molecule is CNCC1CCN(CC(=O)NC2CC2)C1.Cl. The van der Waals surface area contributed by atoms with E-state index in [0.29, 0.717) is 12.6 Å². The molecule has 1 atom stereocenters. The normalized spacial score (nSPS) is 25.2. The average Bonchev–Trinajstić information content (AvgIpc) is 2.88. The minimum Gasteiger partial charge on any atom is -0.352 e. The van der Waals surface area contributed by atoms with E-state index >= 15 is 0 Å². The first-order chi connectivity index (χ1) is 7.28. The van der Waals surface area contributed by atoms with E-state index in [-0.39, 0.29) is 18.3 Å². The molecule has 0 aromatic heterocycles. The summed E-state index contributed by atoms with van der Waals surface area (Å²) in [7, 11) is 1.99. The van der Waals surface area contributed by atoms with Crippen LogP contribution in [0.25, 0.3) is 0 Å². The van der Waals surface area contributed by atoms with E-state index < -0.39 is 0 Å². The molecule has 94 valence electrons. The molecule has 1 saturated heterocycles.